The largest absolute Gasteiger partial charge is 0.480 e. The van der Waals surface area contributed by atoms with Crippen molar-refractivity contribution in [1.82, 2.24) is 19.1 Å². The molecule has 3 aromatic rings. The van der Waals surface area contributed by atoms with Gasteiger partial charge in [0.15, 0.2) is 11.0 Å². The van der Waals surface area contributed by atoms with E-state index in [0.29, 0.717) is 5.88 Å². The number of methoxy groups -OCH3 is 1. The van der Waals surface area contributed by atoms with Crippen molar-refractivity contribution in [1.29, 1.82) is 0 Å². The molecule has 0 radical (unpaired) electrons. The quantitative estimate of drug-likeness (QED) is 0.674. The standard InChI is InChI=1S/C12H12N4OS3/c1-16-11(9-4-3-5-18-9)13-14-12(16)19-7-8-6-10(17-2)15-20-8/h3-6H,7H2,1-2H3. The van der Waals surface area contributed by atoms with Crippen LogP contribution in [0.25, 0.3) is 10.7 Å². The van der Waals surface area contributed by atoms with Crippen LogP contribution in [0, 0.1) is 0 Å². The van der Waals surface area contributed by atoms with E-state index in [0.717, 1.165) is 26.5 Å². The van der Waals surface area contributed by atoms with Gasteiger partial charge < -0.3 is 9.30 Å². The van der Waals surface area contributed by atoms with Gasteiger partial charge in [0.2, 0.25) is 5.88 Å². The fourth-order valence-electron chi connectivity index (χ4n) is 1.65. The van der Waals surface area contributed by atoms with Crippen molar-refractivity contribution >= 4 is 34.6 Å². The van der Waals surface area contributed by atoms with E-state index < -0.39 is 0 Å². The van der Waals surface area contributed by atoms with Crippen LogP contribution in [0.4, 0.5) is 0 Å². The summed E-state index contributed by atoms with van der Waals surface area (Å²) in [6, 6.07) is 6.02. The Morgan fingerprint density at radius 2 is 2.30 bits per heavy atom. The van der Waals surface area contributed by atoms with Crippen LogP contribution in [0.5, 0.6) is 5.88 Å². The van der Waals surface area contributed by atoms with Crippen LogP contribution in [0.2, 0.25) is 0 Å². The van der Waals surface area contributed by atoms with E-state index in [-0.39, 0.29) is 0 Å². The van der Waals surface area contributed by atoms with Crippen LogP contribution in [-0.4, -0.2) is 26.2 Å². The second kappa shape index (κ2) is 5.94. The number of nitrogens with zero attached hydrogens (tertiary/aromatic N) is 4. The van der Waals surface area contributed by atoms with E-state index in [1.165, 1.54) is 11.5 Å². The predicted octanol–water partition coefficient (Wildman–Crippen LogP) is 3.30. The highest BCUT2D eigenvalue weighted by atomic mass is 32.2. The van der Waals surface area contributed by atoms with Gasteiger partial charge in [0.1, 0.15) is 0 Å². The lowest BCUT2D eigenvalue weighted by Gasteiger charge is -2.01. The molecule has 0 spiro atoms. The minimum atomic E-state index is 0.669. The summed E-state index contributed by atoms with van der Waals surface area (Å²) in [7, 11) is 3.62. The lowest BCUT2D eigenvalue weighted by molar-refractivity contribution is 0.402. The molecule has 0 fully saturated rings. The van der Waals surface area contributed by atoms with Gasteiger partial charge in [-0.2, -0.15) is 4.37 Å². The van der Waals surface area contributed by atoms with Crippen molar-refractivity contribution < 1.29 is 4.74 Å². The maximum Gasteiger partial charge on any atom is 0.225 e. The molecule has 3 heterocycles. The molecule has 0 N–H and O–H groups in total. The number of hydrogen-bond acceptors (Lipinski definition) is 7. The molecule has 0 aromatic carbocycles. The van der Waals surface area contributed by atoms with Gasteiger partial charge in [0.05, 0.1) is 12.0 Å². The van der Waals surface area contributed by atoms with Gasteiger partial charge in [-0.05, 0) is 23.0 Å². The fourth-order valence-corrected chi connectivity index (χ4v) is 4.01. The van der Waals surface area contributed by atoms with Gasteiger partial charge in [-0.15, -0.1) is 21.5 Å². The summed E-state index contributed by atoms with van der Waals surface area (Å²) in [6.07, 6.45) is 0. The monoisotopic (exact) mass is 324 g/mol. The summed E-state index contributed by atoms with van der Waals surface area (Å²) in [5.74, 6) is 2.39. The normalized spacial score (nSPS) is 10.9. The van der Waals surface area contributed by atoms with Crippen LogP contribution in [-0.2, 0) is 12.8 Å². The Morgan fingerprint density at radius 1 is 1.40 bits per heavy atom. The molecule has 0 amide bonds. The summed E-state index contributed by atoms with van der Waals surface area (Å²) < 4.78 is 11.3. The number of ether oxygens (including phenoxy) is 1. The molecule has 0 aliphatic rings. The zero-order valence-electron chi connectivity index (χ0n) is 10.9. The smallest absolute Gasteiger partial charge is 0.225 e. The van der Waals surface area contributed by atoms with Crippen LogP contribution in [0.1, 0.15) is 4.88 Å². The van der Waals surface area contributed by atoms with E-state index in [1.807, 2.05) is 29.1 Å². The van der Waals surface area contributed by atoms with Gasteiger partial charge in [-0.3, -0.25) is 0 Å². The molecule has 8 heteroatoms. The zero-order valence-corrected chi connectivity index (χ0v) is 13.4. The SMILES string of the molecule is COc1cc(CSc2nnc(-c3cccs3)n2C)sn1. The average Bonchev–Trinajstić information content (AvgIpc) is 3.17. The summed E-state index contributed by atoms with van der Waals surface area (Å²) in [5.41, 5.74) is 0. The Hall–Kier alpha value is -1.38. The summed E-state index contributed by atoms with van der Waals surface area (Å²) >= 11 is 4.77. The lowest BCUT2D eigenvalue weighted by atomic mass is 10.4. The first-order valence-corrected chi connectivity index (χ1v) is 8.47. The molecular weight excluding hydrogens is 312 g/mol. The third-order valence-electron chi connectivity index (χ3n) is 2.67. The molecule has 0 aliphatic heterocycles. The van der Waals surface area contributed by atoms with Crippen LogP contribution < -0.4 is 4.74 Å². The first-order valence-electron chi connectivity index (χ1n) is 5.83. The van der Waals surface area contributed by atoms with Crippen LogP contribution in [0.3, 0.4) is 0 Å². The molecule has 0 saturated carbocycles. The van der Waals surface area contributed by atoms with Crippen molar-refractivity contribution in [2.45, 2.75) is 10.9 Å². The maximum atomic E-state index is 5.08. The van der Waals surface area contributed by atoms with Crippen molar-refractivity contribution in [2.75, 3.05) is 7.11 Å². The number of thioether (sulfide) groups is 1. The number of thiophene rings is 1. The van der Waals surface area contributed by atoms with Crippen molar-refractivity contribution in [2.24, 2.45) is 7.05 Å². The Morgan fingerprint density at radius 3 is 3.00 bits per heavy atom. The minimum Gasteiger partial charge on any atom is -0.480 e. The number of aromatic nitrogens is 4. The molecule has 0 saturated heterocycles. The molecule has 0 unspecified atom stereocenters. The third kappa shape index (κ3) is 2.72. The van der Waals surface area contributed by atoms with Crippen LogP contribution in [0.15, 0.2) is 28.7 Å². The highest BCUT2D eigenvalue weighted by molar-refractivity contribution is 7.98. The first-order chi connectivity index (χ1) is 9.78. The molecule has 5 nitrogen and oxygen atoms in total. The van der Waals surface area contributed by atoms with E-state index >= 15 is 0 Å². The van der Waals surface area contributed by atoms with Crippen LogP contribution >= 0.6 is 34.6 Å². The summed E-state index contributed by atoms with van der Waals surface area (Å²) in [5, 5.41) is 11.5. The van der Waals surface area contributed by atoms with Crippen molar-refractivity contribution in [3.8, 4) is 16.6 Å². The molecule has 0 atom stereocenters. The minimum absolute atomic E-state index is 0.669. The maximum absolute atomic E-state index is 5.08. The Bertz CT molecular complexity index is 689. The third-order valence-corrected chi connectivity index (χ3v) is 5.55. The second-order valence-corrected chi connectivity index (χ2v) is 6.75. The second-order valence-electron chi connectivity index (χ2n) is 3.97. The van der Waals surface area contributed by atoms with Gasteiger partial charge >= 0.3 is 0 Å². The molecule has 0 bridgehead atoms. The zero-order chi connectivity index (χ0) is 13.9. The topological polar surface area (TPSA) is 52.8 Å². The van der Waals surface area contributed by atoms with Crippen molar-refractivity contribution in [3.05, 3.63) is 28.5 Å². The van der Waals surface area contributed by atoms with Gasteiger partial charge in [-0.1, -0.05) is 17.8 Å². The molecule has 3 rings (SSSR count). The molecule has 3 aromatic heterocycles. The van der Waals surface area contributed by atoms with Crippen molar-refractivity contribution in [3.63, 3.8) is 0 Å². The summed E-state index contributed by atoms with van der Waals surface area (Å²) in [6.45, 7) is 0. The predicted molar refractivity (Wildman–Crippen MR) is 82.5 cm³/mol. The highest BCUT2D eigenvalue weighted by Crippen LogP contribution is 2.29. The average molecular weight is 324 g/mol. The summed E-state index contributed by atoms with van der Waals surface area (Å²) in [4.78, 5) is 2.29. The Kier molecular flexibility index (Phi) is 4.04. The van der Waals surface area contributed by atoms with Gasteiger partial charge in [-0.25, -0.2) is 0 Å². The molecule has 0 aliphatic carbocycles. The lowest BCUT2D eigenvalue weighted by Crippen LogP contribution is -1.93. The Labute approximate surface area is 128 Å². The molecule has 20 heavy (non-hydrogen) atoms. The number of hydrogen-bond donors (Lipinski definition) is 0. The van der Waals surface area contributed by atoms with E-state index in [1.54, 1.807) is 30.2 Å². The fraction of sp³-hybridized carbons (Fsp3) is 0.250. The van der Waals surface area contributed by atoms with E-state index in [2.05, 4.69) is 20.6 Å². The van der Waals surface area contributed by atoms with Gasteiger partial charge in [0, 0.05) is 23.7 Å². The molecular formula is C12H12N4OS3. The molecule has 104 valence electrons. The number of rotatable bonds is 5. The Balaban J connectivity index is 1.72. The van der Waals surface area contributed by atoms with E-state index in [9.17, 15) is 0 Å². The first kappa shape index (κ1) is 13.6. The highest BCUT2D eigenvalue weighted by Gasteiger charge is 2.12. The van der Waals surface area contributed by atoms with E-state index in [4.69, 9.17) is 4.74 Å². The van der Waals surface area contributed by atoms with Gasteiger partial charge in [0.25, 0.3) is 0 Å².